The van der Waals surface area contributed by atoms with Gasteiger partial charge in [0.2, 0.25) is 5.91 Å². The number of carbonyl (C=O) groups is 1. The topological polar surface area (TPSA) is 81.2 Å². The number of rotatable bonds is 6. The van der Waals surface area contributed by atoms with E-state index in [0.29, 0.717) is 24.4 Å². The van der Waals surface area contributed by atoms with E-state index in [1.54, 1.807) is 12.1 Å². The molecule has 0 saturated carbocycles. The standard InChI is InChI=1S/C19H20FN3O2/c1-12-3-2-4-16-18(12)23-17(25-16)9-10-22-19(24)15(11-21)13-5-7-14(20)8-6-13/h2-8,15H,9-11,21H2,1H3,(H,22,24). The normalized spacial score (nSPS) is 12.3. The Bertz CT molecular complexity index is 874. The molecule has 130 valence electrons. The minimum atomic E-state index is -0.508. The Hall–Kier alpha value is -2.73. The minimum absolute atomic E-state index is 0.152. The van der Waals surface area contributed by atoms with Gasteiger partial charge in [0, 0.05) is 19.5 Å². The van der Waals surface area contributed by atoms with Crippen LogP contribution < -0.4 is 11.1 Å². The summed E-state index contributed by atoms with van der Waals surface area (Å²) in [6.07, 6.45) is 0.487. The Morgan fingerprint density at radius 2 is 2.04 bits per heavy atom. The number of nitrogens with two attached hydrogens (primary N) is 1. The lowest BCUT2D eigenvalue weighted by Gasteiger charge is -2.15. The number of benzene rings is 2. The fourth-order valence-corrected chi connectivity index (χ4v) is 2.74. The van der Waals surface area contributed by atoms with Crippen molar-refractivity contribution in [3.63, 3.8) is 0 Å². The first-order valence-electron chi connectivity index (χ1n) is 8.16. The molecule has 0 aliphatic carbocycles. The molecule has 1 heterocycles. The number of hydrogen-bond acceptors (Lipinski definition) is 4. The molecule has 0 spiro atoms. The molecule has 0 radical (unpaired) electrons. The number of nitrogens with zero attached hydrogens (tertiary/aromatic N) is 1. The monoisotopic (exact) mass is 341 g/mol. The molecule has 0 fully saturated rings. The summed E-state index contributed by atoms with van der Waals surface area (Å²) in [7, 11) is 0. The SMILES string of the molecule is Cc1cccc2oc(CCNC(=O)C(CN)c3ccc(F)cc3)nc12. The zero-order valence-electron chi connectivity index (χ0n) is 14.0. The second kappa shape index (κ2) is 7.44. The molecule has 0 bridgehead atoms. The van der Waals surface area contributed by atoms with E-state index in [1.165, 1.54) is 12.1 Å². The third-order valence-corrected chi connectivity index (χ3v) is 4.13. The van der Waals surface area contributed by atoms with Gasteiger partial charge in [0.05, 0.1) is 5.92 Å². The summed E-state index contributed by atoms with van der Waals surface area (Å²) >= 11 is 0. The number of aromatic nitrogens is 1. The fraction of sp³-hybridized carbons (Fsp3) is 0.263. The van der Waals surface area contributed by atoms with E-state index in [4.69, 9.17) is 10.2 Å². The van der Waals surface area contributed by atoms with Gasteiger partial charge in [-0.2, -0.15) is 0 Å². The van der Waals surface area contributed by atoms with Gasteiger partial charge in [0.15, 0.2) is 11.5 Å². The summed E-state index contributed by atoms with van der Waals surface area (Å²) in [5.74, 6) is -0.463. The highest BCUT2D eigenvalue weighted by Crippen LogP contribution is 2.19. The predicted molar refractivity (Wildman–Crippen MR) is 93.7 cm³/mol. The van der Waals surface area contributed by atoms with Crippen LogP contribution in [0.3, 0.4) is 0 Å². The van der Waals surface area contributed by atoms with Gasteiger partial charge in [0.25, 0.3) is 0 Å². The smallest absolute Gasteiger partial charge is 0.228 e. The maximum atomic E-state index is 13.0. The van der Waals surface area contributed by atoms with E-state index in [-0.39, 0.29) is 18.3 Å². The van der Waals surface area contributed by atoms with Gasteiger partial charge in [-0.3, -0.25) is 4.79 Å². The van der Waals surface area contributed by atoms with Gasteiger partial charge in [-0.1, -0.05) is 24.3 Å². The number of carbonyl (C=O) groups excluding carboxylic acids is 1. The maximum Gasteiger partial charge on any atom is 0.228 e. The first-order chi connectivity index (χ1) is 12.1. The van der Waals surface area contributed by atoms with Crippen molar-refractivity contribution in [3.8, 4) is 0 Å². The highest BCUT2D eigenvalue weighted by atomic mass is 19.1. The summed E-state index contributed by atoms with van der Waals surface area (Å²) in [5, 5.41) is 2.84. The lowest BCUT2D eigenvalue weighted by molar-refractivity contribution is -0.122. The third kappa shape index (κ3) is 3.85. The first-order valence-corrected chi connectivity index (χ1v) is 8.16. The van der Waals surface area contributed by atoms with Crippen LogP contribution in [0.5, 0.6) is 0 Å². The molecule has 6 heteroatoms. The van der Waals surface area contributed by atoms with E-state index in [0.717, 1.165) is 16.7 Å². The van der Waals surface area contributed by atoms with Crippen molar-refractivity contribution in [2.24, 2.45) is 5.73 Å². The molecule has 3 rings (SSSR count). The highest BCUT2D eigenvalue weighted by molar-refractivity contribution is 5.84. The van der Waals surface area contributed by atoms with Gasteiger partial charge in [-0.05, 0) is 36.2 Å². The van der Waals surface area contributed by atoms with Gasteiger partial charge < -0.3 is 15.5 Å². The van der Waals surface area contributed by atoms with Crippen LogP contribution in [-0.4, -0.2) is 24.0 Å². The van der Waals surface area contributed by atoms with Crippen molar-refractivity contribution in [1.29, 1.82) is 0 Å². The molecule has 0 aliphatic rings. The van der Waals surface area contributed by atoms with Crippen molar-refractivity contribution in [3.05, 3.63) is 65.3 Å². The van der Waals surface area contributed by atoms with Crippen molar-refractivity contribution in [2.45, 2.75) is 19.3 Å². The quantitative estimate of drug-likeness (QED) is 0.722. The summed E-state index contributed by atoms with van der Waals surface area (Å²) in [4.78, 5) is 16.8. The number of hydrogen-bond donors (Lipinski definition) is 2. The number of amides is 1. The Kier molecular flexibility index (Phi) is 5.09. The molecule has 2 aromatic carbocycles. The van der Waals surface area contributed by atoms with Crippen LogP contribution in [0.15, 0.2) is 46.9 Å². The molecular formula is C19H20FN3O2. The van der Waals surface area contributed by atoms with E-state index >= 15 is 0 Å². The zero-order valence-corrected chi connectivity index (χ0v) is 14.0. The van der Waals surface area contributed by atoms with E-state index in [2.05, 4.69) is 10.3 Å². The predicted octanol–water partition coefficient (Wildman–Crippen LogP) is 2.68. The highest BCUT2D eigenvalue weighted by Gasteiger charge is 2.19. The average molecular weight is 341 g/mol. The Morgan fingerprint density at radius 3 is 2.72 bits per heavy atom. The lowest BCUT2D eigenvalue weighted by atomic mass is 9.98. The summed E-state index contributed by atoms with van der Waals surface area (Å²) in [6, 6.07) is 11.6. The van der Waals surface area contributed by atoms with Crippen molar-refractivity contribution < 1.29 is 13.6 Å². The summed E-state index contributed by atoms with van der Waals surface area (Å²) in [6.45, 7) is 2.52. The van der Waals surface area contributed by atoms with Gasteiger partial charge >= 0.3 is 0 Å². The van der Waals surface area contributed by atoms with Crippen LogP contribution in [0.1, 0.15) is 22.9 Å². The van der Waals surface area contributed by atoms with Crippen molar-refractivity contribution >= 4 is 17.0 Å². The minimum Gasteiger partial charge on any atom is -0.441 e. The maximum absolute atomic E-state index is 13.0. The average Bonchev–Trinajstić information content (AvgIpc) is 3.02. The summed E-state index contributed by atoms with van der Waals surface area (Å²) in [5.41, 5.74) is 9.04. The molecule has 0 aliphatic heterocycles. The Morgan fingerprint density at radius 1 is 1.28 bits per heavy atom. The molecule has 1 unspecified atom stereocenters. The van der Waals surface area contributed by atoms with E-state index in [1.807, 2.05) is 25.1 Å². The van der Waals surface area contributed by atoms with Crippen LogP contribution in [0.4, 0.5) is 4.39 Å². The molecule has 1 amide bonds. The Labute approximate surface area is 145 Å². The lowest BCUT2D eigenvalue weighted by Crippen LogP contribution is -2.34. The first kappa shape index (κ1) is 17.1. The largest absolute Gasteiger partial charge is 0.441 e. The third-order valence-electron chi connectivity index (χ3n) is 4.13. The molecule has 1 atom stereocenters. The second-order valence-electron chi connectivity index (χ2n) is 5.91. The molecule has 3 aromatic rings. The van der Waals surface area contributed by atoms with Crippen LogP contribution >= 0.6 is 0 Å². The summed E-state index contributed by atoms with van der Waals surface area (Å²) < 4.78 is 18.7. The molecule has 5 nitrogen and oxygen atoms in total. The van der Waals surface area contributed by atoms with Crippen LogP contribution in [0.25, 0.3) is 11.1 Å². The molecule has 1 aromatic heterocycles. The van der Waals surface area contributed by atoms with Gasteiger partial charge in [0.1, 0.15) is 11.3 Å². The van der Waals surface area contributed by atoms with Crippen molar-refractivity contribution in [2.75, 3.05) is 13.1 Å². The number of nitrogens with one attached hydrogen (secondary N) is 1. The number of oxazole rings is 1. The van der Waals surface area contributed by atoms with Crippen LogP contribution in [-0.2, 0) is 11.2 Å². The number of para-hydroxylation sites is 1. The second-order valence-corrected chi connectivity index (χ2v) is 5.91. The van der Waals surface area contributed by atoms with E-state index < -0.39 is 5.92 Å². The number of fused-ring (bicyclic) bond motifs is 1. The van der Waals surface area contributed by atoms with Crippen LogP contribution in [0.2, 0.25) is 0 Å². The molecule has 25 heavy (non-hydrogen) atoms. The number of halogens is 1. The van der Waals surface area contributed by atoms with Gasteiger partial charge in [-0.15, -0.1) is 0 Å². The number of aryl methyl sites for hydroxylation is 1. The van der Waals surface area contributed by atoms with Crippen LogP contribution in [0, 0.1) is 12.7 Å². The molecule has 0 saturated heterocycles. The molecular weight excluding hydrogens is 321 g/mol. The molecule has 3 N–H and O–H groups in total. The Balaban J connectivity index is 1.60. The van der Waals surface area contributed by atoms with E-state index in [9.17, 15) is 9.18 Å². The fourth-order valence-electron chi connectivity index (χ4n) is 2.74. The zero-order chi connectivity index (χ0) is 17.8. The van der Waals surface area contributed by atoms with Gasteiger partial charge in [-0.25, -0.2) is 9.37 Å². The van der Waals surface area contributed by atoms with Crippen molar-refractivity contribution in [1.82, 2.24) is 10.3 Å².